The molecule has 0 N–H and O–H groups in total. The maximum atomic E-state index is 13.5. The van der Waals surface area contributed by atoms with Crippen LogP contribution in [0.5, 0.6) is 0 Å². The molecule has 5 heterocycles. The summed E-state index contributed by atoms with van der Waals surface area (Å²) in [5.41, 5.74) is 9.13. The third-order valence-corrected chi connectivity index (χ3v) is 11.0. The second-order valence-electron chi connectivity index (χ2n) is 13.9. The van der Waals surface area contributed by atoms with E-state index in [-0.39, 0.29) is 35.7 Å². The number of rotatable bonds is 6. The maximum absolute atomic E-state index is 13.5. The van der Waals surface area contributed by atoms with E-state index in [1.807, 2.05) is 41.2 Å². The molecule has 12 nitrogen and oxygen atoms in total. The Morgan fingerprint density at radius 2 is 1.28 bits per heavy atom. The molecule has 0 saturated carbocycles. The number of carbonyl (C=O) groups excluding carboxylic acids is 5. The molecule has 3 aromatic carbocycles. The highest BCUT2D eigenvalue weighted by Gasteiger charge is 2.46. The van der Waals surface area contributed by atoms with E-state index in [1.165, 1.54) is 7.05 Å². The van der Waals surface area contributed by atoms with Crippen LogP contribution in [0.1, 0.15) is 55.9 Å². The van der Waals surface area contributed by atoms with E-state index in [0.29, 0.717) is 19.5 Å². The Kier molecular flexibility index (Phi) is 7.76. The number of likely N-dealkylation sites (tertiary alicyclic amines) is 1. The number of fused-ring (bicyclic) bond motifs is 2. The van der Waals surface area contributed by atoms with Gasteiger partial charge in [0.15, 0.2) is 5.78 Å². The van der Waals surface area contributed by atoms with E-state index < -0.39 is 23.8 Å². The molecule has 264 valence electrons. The lowest BCUT2D eigenvalue weighted by Crippen LogP contribution is -2.54. The largest absolute Gasteiger partial charge is 0.368 e. The summed E-state index contributed by atoms with van der Waals surface area (Å²) in [6.45, 7) is 2.94. The molecule has 1 unspecified atom stereocenters. The number of aromatic nitrogens is 3. The van der Waals surface area contributed by atoms with Gasteiger partial charge in [-0.1, -0.05) is 18.2 Å². The quantitative estimate of drug-likeness (QED) is 0.229. The Hall–Kier alpha value is -6.43. The minimum atomic E-state index is -0.972. The van der Waals surface area contributed by atoms with Gasteiger partial charge in [0, 0.05) is 92.7 Å². The second kappa shape index (κ2) is 12.7. The standard InChI is InChI=1S/C41H35N7O5/c1-44-37(50)13-11-35(41(44)53)48-39(51)32-10-8-30(23-33(32)40(48)52)46-20-18-45(19-21-46)28-4-6-29(7-5-28)47-24-34(38(43-47)25-14-16-42-17-15-25)27-2-9-31-26(22-27)3-12-36(31)49/h2,4-10,14-17,22-24,35H,3,11-13,18-21H2,1H3. The van der Waals surface area contributed by atoms with Crippen LogP contribution in [0.25, 0.3) is 28.1 Å². The number of carbonyl (C=O) groups is 5. The Labute approximate surface area is 305 Å². The summed E-state index contributed by atoms with van der Waals surface area (Å²) in [4.78, 5) is 74.5. The summed E-state index contributed by atoms with van der Waals surface area (Å²) >= 11 is 0. The Morgan fingerprint density at radius 3 is 2.04 bits per heavy atom. The summed E-state index contributed by atoms with van der Waals surface area (Å²) in [5, 5.41) is 5.02. The topological polar surface area (TPSA) is 129 Å². The van der Waals surface area contributed by atoms with Crippen molar-refractivity contribution in [3.05, 3.63) is 114 Å². The van der Waals surface area contributed by atoms with Crippen molar-refractivity contribution in [3.8, 4) is 28.1 Å². The fourth-order valence-electron chi connectivity index (χ4n) is 7.97. The zero-order valence-corrected chi connectivity index (χ0v) is 29.1. The van der Waals surface area contributed by atoms with Gasteiger partial charge in [-0.05, 0) is 78.6 Å². The van der Waals surface area contributed by atoms with Crippen molar-refractivity contribution in [2.75, 3.05) is 43.0 Å². The number of piperazine rings is 1. The molecule has 2 saturated heterocycles. The average molecular weight is 706 g/mol. The van der Waals surface area contributed by atoms with E-state index in [1.54, 1.807) is 24.5 Å². The molecule has 2 fully saturated rings. The van der Waals surface area contributed by atoms with Gasteiger partial charge < -0.3 is 9.80 Å². The van der Waals surface area contributed by atoms with Crippen LogP contribution in [-0.4, -0.2) is 93.2 Å². The Morgan fingerprint density at radius 1 is 0.623 bits per heavy atom. The van der Waals surface area contributed by atoms with Gasteiger partial charge in [-0.3, -0.25) is 38.8 Å². The molecule has 0 spiro atoms. The summed E-state index contributed by atoms with van der Waals surface area (Å²) in [6, 6.07) is 22.6. The fourth-order valence-corrected chi connectivity index (χ4v) is 7.97. The minimum Gasteiger partial charge on any atom is -0.368 e. The van der Waals surface area contributed by atoms with Gasteiger partial charge in [0.05, 0.1) is 16.8 Å². The number of hydrogen-bond donors (Lipinski definition) is 0. The number of aryl methyl sites for hydroxylation is 1. The molecule has 12 heteroatoms. The third kappa shape index (κ3) is 5.49. The lowest BCUT2D eigenvalue weighted by molar-refractivity contribution is -0.149. The van der Waals surface area contributed by atoms with Crippen LogP contribution >= 0.6 is 0 Å². The third-order valence-electron chi connectivity index (χ3n) is 11.0. The van der Waals surface area contributed by atoms with Crippen molar-refractivity contribution in [1.82, 2.24) is 24.6 Å². The first-order chi connectivity index (χ1) is 25.7. The lowest BCUT2D eigenvalue weighted by Gasteiger charge is -2.37. The normalized spacial score (nSPS) is 18.7. The highest BCUT2D eigenvalue weighted by molar-refractivity contribution is 6.23. The van der Waals surface area contributed by atoms with E-state index in [4.69, 9.17) is 5.10 Å². The van der Waals surface area contributed by atoms with Gasteiger partial charge in [0.1, 0.15) is 11.7 Å². The lowest BCUT2D eigenvalue weighted by atomic mass is 9.98. The van der Waals surface area contributed by atoms with E-state index in [9.17, 15) is 24.0 Å². The highest BCUT2D eigenvalue weighted by Crippen LogP contribution is 2.36. The first kappa shape index (κ1) is 32.5. The molecule has 4 aliphatic rings. The smallest absolute Gasteiger partial charge is 0.262 e. The second-order valence-corrected chi connectivity index (χ2v) is 13.9. The molecule has 2 aromatic heterocycles. The molecule has 4 amide bonds. The van der Waals surface area contributed by atoms with Crippen LogP contribution in [-0.2, 0) is 16.0 Å². The number of hydrogen-bond acceptors (Lipinski definition) is 9. The molecule has 0 bridgehead atoms. The van der Waals surface area contributed by atoms with Gasteiger partial charge in [-0.15, -0.1) is 0 Å². The van der Waals surface area contributed by atoms with E-state index >= 15 is 0 Å². The van der Waals surface area contributed by atoms with Crippen molar-refractivity contribution < 1.29 is 24.0 Å². The SMILES string of the molecule is CN1C(=O)CCC(N2C(=O)c3ccc(N4CCN(c5ccc(-n6cc(-c7ccc8c(c7)CCC8=O)c(-c7ccncc7)n6)cc5)CC4)cc3C2=O)C1=O. The summed E-state index contributed by atoms with van der Waals surface area (Å²) in [7, 11) is 1.39. The number of amides is 4. The maximum Gasteiger partial charge on any atom is 0.262 e. The number of imide groups is 2. The Bertz CT molecular complexity index is 2340. The van der Waals surface area contributed by atoms with Crippen molar-refractivity contribution in [2.45, 2.75) is 31.7 Å². The average Bonchev–Trinajstić information content (AvgIpc) is 3.88. The molecule has 9 rings (SSSR count). The number of piperidine rings is 1. The monoisotopic (exact) mass is 705 g/mol. The molecule has 53 heavy (non-hydrogen) atoms. The summed E-state index contributed by atoms with van der Waals surface area (Å²) < 4.78 is 1.90. The number of ketones is 1. The van der Waals surface area contributed by atoms with Crippen LogP contribution in [0, 0.1) is 0 Å². The van der Waals surface area contributed by atoms with Crippen molar-refractivity contribution in [2.24, 2.45) is 0 Å². The number of Topliss-reactive ketones (excluding diaryl/α,β-unsaturated/α-hetero) is 1. The zero-order chi connectivity index (χ0) is 36.4. The molecule has 3 aliphatic heterocycles. The van der Waals surface area contributed by atoms with E-state index in [0.717, 1.165) is 79.9 Å². The predicted octanol–water partition coefficient (Wildman–Crippen LogP) is 4.80. The summed E-state index contributed by atoms with van der Waals surface area (Å²) in [6.07, 6.45) is 7.13. The molecule has 1 aliphatic carbocycles. The van der Waals surface area contributed by atoms with Gasteiger partial charge >= 0.3 is 0 Å². The number of benzene rings is 3. The Balaban J connectivity index is 0.901. The number of likely N-dealkylation sites (N-methyl/N-ethyl adjacent to an activating group) is 1. The fraction of sp³-hybridized carbons (Fsp3) is 0.244. The number of anilines is 2. The minimum absolute atomic E-state index is 0.108. The van der Waals surface area contributed by atoms with Crippen molar-refractivity contribution in [1.29, 1.82) is 0 Å². The summed E-state index contributed by atoms with van der Waals surface area (Å²) in [5.74, 6) is -1.63. The van der Waals surface area contributed by atoms with E-state index in [2.05, 4.69) is 45.1 Å². The molecule has 5 aromatic rings. The predicted molar refractivity (Wildman–Crippen MR) is 197 cm³/mol. The van der Waals surface area contributed by atoms with Gasteiger partial charge in [-0.25, -0.2) is 4.68 Å². The van der Waals surface area contributed by atoms with Crippen LogP contribution in [0.3, 0.4) is 0 Å². The number of nitrogens with zero attached hydrogens (tertiary/aromatic N) is 7. The van der Waals surface area contributed by atoms with Crippen LogP contribution in [0.15, 0.2) is 91.4 Å². The van der Waals surface area contributed by atoms with Crippen LogP contribution in [0.2, 0.25) is 0 Å². The first-order valence-corrected chi connectivity index (χ1v) is 17.8. The molecule has 0 radical (unpaired) electrons. The van der Waals surface area contributed by atoms with Crippen molar-refractivity contribution >= 4 is 40.8 Å². The molecular weight excluding hydrogens is 670 g/mol. The highest BCUT2D eigenvalue weighted by atomic mass is 16.2. The van der Waals surface area contributed by atoms with Crippen LogP contribution in [0.4, 0.5) is 11.4 Å². The van der Waals surface area contributed by atoms with Crippen molar-refractivity contribution in [3.63, 3.8) is 0 Å². The van der Waals surface area contributed by atoms with Gasteiger partial charge in [0.25, 0.3) is 17.7 Å². The molecular formula is C41H35N7O5. The van der Waals surface area contributed by atoms with Gasteiger partial charge in [-0.2, -0.15) is 5.10 Å². The number of pyridine rings is 1. The molecule has 1 atom stereocenters. The van der Waals surface area contributed by atoms with Gasteiger partial charge in [0.2, 0.25) is 5.91 Å². The first-order valence-electron chi connectivity index (χ1n) is 17.8. The van der Waals surface area contributed by atoms with Crippen LogP contribution < -0.4 is 9.80 Å². The zero-order valence-electron chi connectivity index (χ0n) is 29.1.